The van der Waals surface area contributed by atoms with Gasteiger partial charge >= 0.3 is 11.9 Å². The molecule has 8 nitrogen and oxygen atoms in total. The van der Waals surface area contributed by atoms with Gasteiger partial charge in [-0.1, -0.05) is 21.6 Å². The number of nitrogens with zero attached hydrogens (tertiary/aromatic N) is 1. The van der Waals surface area contributed by atoms with E-state index < -0.39 is 35.8 Å². The molecule has 2 atom stereocenters. The molecule has 0 spiro atoms. The molecule has 0 aromatic heterocycles. The van der Waals surface area contributed by atoms with Gasteiger partial charge in [0.25, 0.3) is 0 Å². The van der Waals surface area contributed by atoms with Crippen molar-refractivity contribution in [2.45, 2.75) is 25.9 Å². The molecule has 0 aliphatic carbocycles. The fourth-order valence-electron chi connectivity index (χ4n) is 1.50. The lowest BCUT2D eigenvalue weighted by Gasteiger charge is -2.25. The summed E-state index contributed by atoms with van der Waals surface area (Å²) in [6, 6.07) is -1.80. The van der Waals surface area contributed by atoms with Crippen LogP contribution < -0.4 is 5.73 Å². The maximum absolute atomic E-state index is 11.8. The summed E-state index contributed by atoms with van der Waals surface area (Å²) in [4.78, 5) is 46.8. The van der Waals surface area contributed by atoms with Gasteiger partial charge in [-0.25, -0.2) is 4.79 Å². The first-order valence-electron chi connectivity index (χ1n) is 6.22. The zero-order chi connectivity index (χ0) is 17.3. The van der Waals surface area contributed by atoms with Gasteiger partial charge in [-0.3, -0.25) is 19.3 Å². The fraction of sp³-hybridized carbons (Fsp3) is 0.667. The molecule has 0 fully saturated rings. The molecule has 2 N–H and O–H groups in total. The van der Waals surface area contributed by atoms with E-state index in [1.54, 1.807) is 0 Å². The molecular weight excluding hydrogens is 332 g/mol. The normalized spacial score (nSPS) is 13.0. The van der Waals surface area contributed by atoms with E-state index in [0.717, 1.165) is 4.90 Å². The highest BCUT2D eigenvalue weighted by atomic mass is 33.1. The predicted octanol–water partition coefficient (Wildman–Crippen LogP) is -0.195. The smallest absolute Gasteiger partial charge is 0.329 e. The molecule has 0 rings (SSSR count). The number of methoxy groups -OCH3 is 2. The number of carbonyl (C=O) groups excluding carboxylic acids is 4. The average molecular weight is 352 g/mol. The lowest BCUT2D eigenvalue weighted by Crippen LogP contribution is -2.48. The SMILES string of the molecule is COC(=O)C(N)CSSCC(C(=O)OC)N(C(C)=O)C(C)=O. The van der Waals surface area contributed by atoms with E-state index in [0.29, 0.717) is 0 Å². The first-order chi connectivity index (χ1) is 10.3. The second-order valence-electron chi connectivity index (χ2n) is 4.15. The van der Waals surface area contributed by atoms with Crippen molar-refractivity contribution in [3.8, 4) is 0 Å². The van der Waals surface area contributed by atoms with Crippen LogP contribution in [-0.2, 0) is 28.7 Å². The third-order valence-electron chi connectivity index (χ3n) is 2.52. The monoisotopic (exact) mass is 352 g/mol. The van der Waals surface area contributed by atoms with E-state index in [4.69, 9.17) is 5.73 Å². The summed E-state index contributed by atoms with van der Waals surface area (Å²) in [6.45, 7) is 2.39. The van der Waals surface area contributed by atoms with Crippen LogP contribution in [-0.4, -0.2) is 66.5 Å². The van der Waals surface area contributed by atoms with Crippen LogP contribution in [0.5, 0.6) is 0 Å². The Balaban J connectivity index is 4.62. The molecule has 0 aromatic carbocycles. The molecule has 0 bridgehead atoms. The van der Waals surface area contributed by atoms with E-state index >= 15 is 0 Å². The number of esters is 2. The largest absolute Gasteiger partial charge is 0.468 e. The molecule has 0 saturated carbocycles. The minimum atomic E-state index is -1.02. The Labute approximate surface area is 136 Å². The first kappa shape index (κ1) is 20.7. The van der Waals surface area contributed by atoms with Crippen LogP contribution >= 0.6 is 21.6 Å². The van der Waals surface area contributed by atoms with Crippen LogP contribution in [0.1, 0.15) is 13.8 Å². The van der Waals surface area contributed by atoms with Crippen molar-refractivity contribution in [2.75, 3.05) is 25.7 Å². The van der Waals surface area contributed by atoms with Crippen LogP contribution in [0, 0.1) is 0 Å². The third kappa shape index (κ3) is 6.67. The number of amides is 2. The molecule has 0 heterocycles. The highest BCUT2D eigenvalue weighted by molar-refractivity contribution is 8.76. The number of hydrogen-bond donors (Lipinski definition) is 1. The molecule has 2 unspecified atom stereocenters. The van der Waals surface area contributed by atoms with Gasteiger partial charge in [0.05, 0.1) is 14.2 Å². The Hall–Kier alpha value is -1.26. The van der Waals surface area contributed by atoms with Gasteiger partial charge < -0.3 is 15.2 Å². The zero-order valence-electron chi connectivity index (χ0n) is 12.9. The second-order valence-corrected chi connectivity index (χ2v) is 6.70. The van der Waals surface area contributed by atoms with E-state index in [1.165, 1.54) is 49.7 Å². The van der Waals surface area contributed by atoms with Crippen molar-refractivity contribution in [1.82, 2.24) is 4.90 Å². The highest BCUT2D eigenvalue weighted by Crippen LogP contribution is 2.25. The minimum Gasteiger partial charge on any atom is -0.468 e. The second kappa shape index (κ2) is 10.5. The average Bonchev–Trinajstić information content (AvgIpc) is 2.47. The van der Waals surface area contributed by atoms with Crippen LogP contribution in [0.4, 0.5) is 0 Å². The van der Waals surface area contributed by atoms with Gasteiger partial charge in [0, 0.05) is 25.4 Å². The van der Waals surface area contributed by atoms with E-state index in [-0.39, 0.29) is 11.5 Å². The lowest BCUT2D eigenvalue weighted by atomic mass is 10.2. The summed E-state index contributed by atoms with van der Waals surface area (Å²) in [7, 11) is 4.86. The number of rotatable bonds is 8. The van der Waals surface area contributed by atoms with E-state index in [2.05, 4.69) is 9.47 Å². The third-order valence-corrected chi connectivity index (χ3v) is 4.95. The Morgan fingerprint density at radius 3 is 1.82 bits per heavy atom. The summed E-state index contributed by atoms with van der Waals surface area (Å²) in [5.74, 6) is -1.91. The summed E-state index contributed by atoms with van der Waals surface area (Å²) >= 11 is 0. The standard InChI is InChI=1S/C12H20N2O6S2/c1-7(15)14(8(2)16)10(12(18)20-4)6-22-21-5-9(13)11(17)19-3/h9-10H,5-6,13H2,1-4H3. The summed E-state index contributed by atoms with van der Waals surface area (Å²) in [5, 5.41) is 0. The fourth-order valence-corrected chi connectivity index (χ4v) is 3.79. The van der Waals surface area contributed by atoms with Gasteiger partial charge in [0.1, 0.15) is 12.1 Å². The number of nitrogens with two attached hydrogens (primary N) is 1. The van der Waals surface area contributed by atoms with E-state index in [9.17, 15) is 19.2 Å². The van der Waals surface area contributed by atoms with Crippen molar-refractivity contribution in [2.24, 2.45) is 5.73 Å². The van der Waals surface area contributed by atoms with Gasteiger partial charge in [0.15, 0.2) is 0 Å². The van der Waals surface area contributed by atoms with Crippen LogP contribution in [0.15, 0.2) is 0 Å². The number of ether oxygens (including phenoxy) is 2. The molecule has 0 saturated heterocycles. The van der Waals surface area contributed by atoms with Crippen molar-refractivity contribution in [1.29, 1.82) is 0 Å². The lowest BCUT2D eigenvalue weighted by molar-refractivity contribution is -0.157. The zero-order valence-corrected chi connectivity index (χ0v) is 14.5. The first-order valence-corrected chi connectivity index (χ1v) is 8.71. The summed E-state index contributed by atoms with van der Waals surface area (Å²) in [6.07, 6.45) is 0. The topological polar surface area (TPSA) is 116 Å². The molecular formula is C12H20N2O6S2. The Morgan fingerprint density at radius 1 is 0.955 bits per heavy atom. The van der Waals surface area contributed by atoms with Crippen molar-refractivity contribution in [3.63, 3.8) is 0 Å². The Kier molecular flexibility index (Phi) is 9.86. The maximum Gasteiger partial charge on any atom is 0.329 e. The van der Waals surface area contributed by atoms with Crippen LogP contribution in [0.3, 0.4) is 0 Å². The number of imide groups is 1. The number of carbonyl (C=O) groups is 4. The molecule has 22 heavy (non-hydrogen) atoms. The highest BCUT2D eigenvalue weighted by Gasteiger charge is 2.32. The minimum absolute atomic E-state index is 0.129. The van der Waals surface area contributed by atoms with Crippen molar-refractivity contribution >= 4 is 45.3 Å². The van der Waals surface area contributed by atoms with E-state index in [1.807, 2.05) is 0 Å². The van der Waals surface area contributed by atoms with Crippen LogP contribution in [0.25, 0.3) is 0 Å². The summed E-state index contributed by atoms with van der Waals surface area (Å²) in [5.41, 5.74) is 5.57. The molecule has 0 aliphatic rings. The van der Waals surface area contributed by atoms with Crippen molar-refractivity contribution < 1.29 is 28.7 Å². The molecule has 0 aromatic rings. The van der Waals surface area contributed by atoms with Crippen molar-refractivity contribution in [3.05, 3.63) is 0 Å². The maximum atomic E-state index is 11.8. The predicted molar refractivity (Wildman–Crippen MR) is 83.9 cm³/mol. The van der Waals surface area contributed by atoms with Gasteiger partial charge in [-0.05, 0) is 0 Å². The Bertz CT molecular complexity index is 418. The van der Waals surface area contributed by atoms with Gasteiger partial charge in [0.2, 0.25) is 11.8 Å². The molecule has 126 valence electrons. The Morgan fingerprint density at radius 2 is 1.41 bits per heavy atom. The molecule has 10 heteroatoms. The van der Waals surface area contributed by atoms with Gasteiger partial charge in [-0.2, -0.15) is 0 Å². The molecule has 0 radical (unpaired) electrons. The molecule has 2 amide bonds. The van der Waals surface area contributed by atoms with Gasteiger partial charge in [-0.15, -0.1) is 0 Å². The number of hydrogen-bond acceptors (Lipinski definition) is 9. The quantitative estimate of drug-likeness (QED) is 0.360. The summed E-state index contributed by atoms with van der Waals surface area (Å²) < 4.78 is 9.11. The molecule has 0 aliphatic heterocycles. The van der Waals surface area contributed by atoms with Crippen LogP contribution in [0.2, 0.25) is 0 Å².